The second-order valence-corrected chi connectivity index (χ2v) is 8.90. The van der Waals surface area contributed by atoms with Gasteiger partial charge in [-0.1, -0.05) is 24.3 Å². The van der Waals surface area contributed by atoms with Crippen molar-refractivity contribution in [2.24, 2.45) is 11.7 Å². The molecule has 1 atom stereocenters. The van der Waals surface area contributed by atoms with Gasteiger partial charge >= 0.3 is 6.03 Å². The quantitative estimate of drug-likeness (QED) is 0.695. The summed E-state index contributed by atoms with van der Waals surface area (Å²) in [6.45, 7) is 2.69. The number of carbonyl (C=O) groups is 3. The molecule has 2 aliphatic rings. The number of amides is 3. The van der Waals surface area contributed by atoms with Crippen molar-refractivity contribution in [2.45, 2.75) is 44.6 Å². The third-order valence-electron chi connectivity index (χ3n) is 6.52. The number of anilines is 1. The largest absolute Gasteiger partial charge is 0.351 e. The molecule has 168 valence electrons. The topological polar surface area (TPSA) is 83.7 Å². The minimum atomic E-state index is -0.987. The molecule has 0 bridgehead atoms. The van der Waals surface area contributed by atoms with E-state index in [1.807, 2.05) is 4.90 Å². The number of nitrogens with zero attached hydrogens (tertiary/aromatic N) is 2. The molecule has 7 heteroatoms. The number of primary amides is 1. The van der Waals surface area contributed by atoms with E-state index in [0.717, 1.165) is 24.8 Å². The Morgan fingerprint density at radius 3 is 2.50 bits per heavy atom. The number of likely N-dealkylation sites (tertiary alicyclic amines) is 1. The minimum Gasteiger partial charge on any atom is -0.351 e. The van der Waals surface area contributed by atoms with E-state index in [4.69, 9.17) is 5.73 Å². The molecule has 6 nitrogen and oxygen atoms in total. The van der Waals surface area contributed by atoms with E-state index >= 15 is 0 Å². The number of hydrogen-bond donors (Lipinski definition) is 1. The van der Waals surface area contributed by atoms with Crippen molar-refractivity contribution in [3.63, 3.8) is 0 Å². The summed E-state index contributed by atoms with van der Waals surface area (Å²) in [6.07, 6.45) is 3.73. The third kappa shape index (κ3) is 4.38. The maximum absolute atomic E-state index is 13.6. The first kappa shape index (κ1) is 22.0. The predicted molar refractivity (Wildman–Crippen MR) is 120 cm³/mol. The Bertz CT molecular complexity index is 1030. The van der Waals surface area contributed by atoms with Crippen molar-refractivity contribution in [3.05, 3.63) is 65.5 Å². The lowest BCUT2D eigenvalue weighted by molar-refractivity contribution is -0.135. The van der Waals surface area contributed by atoms with E-state index < -0.39 is 11.6 Å². The summed E-state index contributed by atoms with van der Waals surface area (Å²) in [5, 5.41) is 0. The molecule has 0 aromatic heterocycles. The summed E-state index contributed by atoms with van der Waals surface area (Å²) in [5.74, 6) is -0.192. The first-order valence-electron chi connectivity index (χ1n) is 11.0. The van der Waals surface area contributed by atoms with Crippen LogP contribution in [-0.2, 0) is 11.2 Å². The molecule has 0 unspecified atom stereocenters. The number of Topliss-reactive ketones (excluding diaryl/α,β-unsaturated/α-hetero) is 1. The molecule has 0 radical (unpaired) electrons. The van der Waals surface area contributed by atoms with Gasteiger partial charge in [0.25, 0.3) is 0 Å². The van der Waals surface area contributed by atoms with Crippen molar-refractivity contribution in [1.82, 2.24) is 4.90 Å². The second-order valence-electron chi connectivity index (χ2n) is 8.90. The maximum Gasteiger partial charge on any atom is 0.320 e. The van der Waals surface area contributed by atoms with Crippen LogP contribution >= 0.6 is 0 Å². The average Bonchev–Trinajstić information content (AvgIpc) is 3.56. The fourth-order valence-corrected chi connectivity index (χ4v) is 4.77. The predicted octanol–water partition coefficient (Wildman–Crippen LogP) is 3.93. The average molecular weight is 438 g/mol. The zero-order valence-electron chi connectivity index (χ0n) is 18.2. The van der Waals surface area contributed by atoms with E-state index in [1.54, 1.807) is 36.4 Å². The summed E-state index contributed by atoms with van der Waals surface area (Å²) < 4.78 is 13.2. The molecule has 32 heavy (non-hydrogen) atoms. The van der Waals surface area contributed by atoms with E-state index in [-0.39, 0.29) is 23.4 Å². The van der Waals surface area contributed by atoms with Crippen molar-refractivity contribution in [2.75, 3.05) is 18.0 Å². The Morgan fingerprint density at radius 2 is 1.88 bits per heavy atom. The highest BCUT2D eigenvalue weighted by Crippen LogP contribution is 2.46. The molecule has 1 heterocycles. The van der Waals surface area contributed by atoms with Gasteiger partial charge in [-0.15, -0.1) is 0 Å². The summed E-state index contributed by atoms with van der Waals surface area (Å²) in [5.41, 5.74) is 6.73. The fraction of sp³-hybridized carbons (Fsp3) is 0.400. The van der Waals surface area contributed by atoms with E-state index in [2.05, 4.69) is 0 Å². The molecule has 0 spiro atoms. The number of halogens is 1. The summed E-state index contributed by atoms with van der Waals surface area (Å²) in [6, 6.07) is 12.5. The Morgan fingerprint density at radius 1 is 1.16 bits per heavy atom. The molecule has 2 fully saturated rings. The lowest BCUT2D eigenvalue weighted by Gasteiger charge is -2.38. The molecule has 1 saturated heterocycles. The van der Waals surface area contributed by atoms with E-state index in [9.17, 15) is 18.8 Å². The van der Waals surface area contributed by atoms with Crippen LogP contribution in [0, 0.1) is 11.7 Å². The van der Waals surface area contributed by atoms with Gasteiger partial charge in [-0.2, -0.15) is 0 Å². The molecule has 2 aromatic carbocycles. The number of ketones is 1. The molecule has 4 rings (SSSR count). The SMILES string of the molecule is CC(=O)c1cccc(N(C(N)=O)C2(C(=O)N3CCC[C@@H](Cc4ccc(F)cc4)C3)CC2)c1. The molecule has 1 saturated carbocycles. The van der Waals surface area contributed by atoms with Crippen LogP contribution in [0.4, 0.5) is 14.9 Å². The van der Waals surface area contributed by atoms with Crippen molar-refractivity contribution >= 4 is 23.4 Å². The fourth-order valence-electron chi connectivity index (χ4n) is 4.77. The standard InChI is InChI=1S/C25H28FN3O3/c1-17(30)20-5-2-6-22(15-20)29(24(27)32)25(11-12-25)23(31)28-13-3-4-19(16-28)14-18-7-9-21(26)10-8-18/h2,5-10,15,19H,3-4,11-14,16H2,1H3,(H2,27,32)/t19-/m0/s1. The Labute approximate surface area is 187 Å². The van der Waals surface area contributed by atoms with Gasteiger partial charge in [-0.3, -0.25) is 14.5 Å². The van der Waals surface area contributed by atoms with Crippen LogP contribution in [0.2, 0.25) is 0 Å². The highest BCUT2D eigenvalue weighted by Gasteiger charge is 2.58. The number of piperidine rings is 1. The minimum absolute atomic E-state index is 0.0895. The van der Waals surface area contributed by atoms with Gasteiger partial charge in [0, 0.05) is 24.3 Å². The van der Waals surface area contributed by atoms with Crippen molar-refractivity contribution in [1.29, 1.82) is 0 Å². The van der Waals surface area contributed by atoms with Crippen LogP contribution < -0.4 is 10.6 Å². The van der Waals surface area contributed by atoms with Crippen molar-refractivity contribution in [3.8, 4) is 0 Å². The van der Waals surface area contributed by atoms with Gasteiger partial charge in [0.15, 0.2) is 5.78 Å². The van der Waals surface area contributed by atoms with Crippen LogP contribution in [0.1, 0.15) is 48.5 Å². The first-order valence-corrected chi connectivity index (χ1v) is 11.0. The van der Waals surface area contributed by atoms with E-state index in [0.29, 0.717) is 37.2 Å². The Balaban J connectivity index is 1.53. The molecule has 2 aromatic rings. The lowest BCUT2D eigenvalue weighted by atomic mass is 9.90. The maximum atomic E-state index is 13.6. The van der Waals surface area contributed by atoms with Crippen LogP contribution in [0.5, 0.6) is 0 Å². The molecular weight excluding hydrogens is 409 g/mol. The van der Waals surface area contributed by atoms with Crippen molar-refractivity contribution < 1.29 is 18.8 Å². The smallest absolute Gasteiger partial charge is 0.320 e. The molecule has 3 amide bonds. The zero-order valence-corrected chi connectivity index (χ0v) is 18.2. The van der Waals surface area contributed by atoms with Crippen LogP contribution in [0.15, 0.2) is 48.5 Å². The highest BCUT2D eigenvalue weighted by molar-refractivity contribution is 6.05. The zero-order chi connectivity index (χ0) is 22.9. The number of benzene rings is 2. The van der Waals surface area contributed by atoms with Gasteiger partial charge in [0.2, 0.25) is 5.91 Å². The lowest BCUT2D eigenvalue weighted by Crippen LogP contribution is -2.56. The molecule has 2 N–H and O–H groups in total. The molecule has 1 aliphatic carbocycles. The number of carbonyl (C=O) groups excluding carboxylic acids is 3. The van der Waals surface area contributed by atoms with Crippen LogP contribution in [-0.4, -0.2) is 41.2 Å². The third-order valence-corrected chi connectivity index (χ3v) is 6.52. The number of nitrogens with two attached hydrogens (primary N) is 1. The summed E-state index contributed by atoms with van der Waals surface area (Å²) in [4.78, 5) is 41.1. The van der Waals surface area contributed by atoms with Gasteiger partial charge < -0.3 is 10.6 Å². The van der Waals surface area contributed by atoms with Crippen LogP contribution in [0.25, 0.3) is 0 Å². The highest BCUT2D eigenvalue weighted by atomic mass is 19.1. The van der Waals surface area contributed by atoms with Gasteiger partial charge in [-0.05, 0) is 74.8 Å². The Hall–Kier alpha value is -3.22. The van der Waals surface area contributed by atoms with Crippen LogP contribution in [0.3, 0.4) is 0 Å². The Kier molecular flexibility index (Phi) is 6.00. The summed E-state index contributed by atoms with van der Waals surface area (Å²) >= 11 is 0. The number of rotatable bonds is 6. The van der Waals surface area contributed by atoms with Gasteiger partial charge in [-0.25, -0.2) is 9.18 Å². The normalized spacial score (nSPS) is 19.3. The first-order chi connectivity index (χ1) is 15.3. The second kappa shape index (κ2) is 8.73. The van der Waals surface area contributed by atoms with E-state index in [1.165, 1.54) is 24.0 Å². The number of hydrogen-bond acceptors (Lipinski definition) is 3. The molecular formula is C25H28FN3O3. The summed E-state index contributed by atoms with van der Waals surface area (Å²) in [7, 11) is 0. The number of urea groups is 1. The molecule has 1 aliphatic heterocycles. The van der Waals surface area contributed by atoms with Gasteiger partial charge in [0.1, 0.15) is 11.4 Å². The van der Waals surface area contributed by atoms with Gasteiger partial charge in [0.05, 0.1) is 0 Å². The monoisotopic (exact) mass is 437 g/mol.